The van der Waals surface area contributed by atoms with Crippen molar-refractivity contribution in [1.29, 1.82) is 0 Å². The van der Waals surface area contributed by atoms with Gasteiger partial charge in [0.2, 0.25) is 0 Å². The molecule has 1 saturated carbocycles. The van der Waals surface area contributed by atoms with E-state index in [1.807, 2.05) is 0 Å². The van der Waals surface area contributed by atoms with Crippen molar-refractivity contribution in [1.82, 2.24) is 10.2 Å². The van der Waals surface area contributed by atoms with Crippen molar-refractivity contribution in [2.45, 2.75) is 25.1 Å². The Morgan fingerprint density at radius 1 is 1.07 bits per heavy atom. The molecule has 4 nitrogen and oxygen atoms in total. The third kappa shape index (κ3) is 3.11. The SMILES string of the molecule is O=C(NC1[C@@H]2CC3C[C@H]1CN(C3)C2)c1cc(-c2cccc(C(F)(F)F)c2)co1. The van der Waals surface area contributed by atoms with Crippen LogP contribution in [0.25, 0.3) is 11.1 Å². The second-order valence-electron chi connectivity index (χ2n) is 8.35. The first-order valence-electron chi connectivity index (χ1n) is 9.66. The fraction of sp³-hybridized carbons (Fsp3) is 0.476. The van der Waals surface area contributed by atoms with Gasteiger partial charge in [0.25, 0.3) is 5.91 Å². The van der Waals surface area contributed by atoms with Crippen LogP contribution in [0.2, 0.25) is 0 Å². The summed E-state index contributed by atoms with van der Waals surface area (Å²) < 4.78 is 44.2. The van der Waals surface area contributed by atoms with Crippen molar-refractivity contribution in [3.05, 3.63) is 47.9 Å². The molecule has 7 heteroatoms. The van der Waals surface area contributed by atoms with E-state index >= 15 is 0 Å². The zero-order valence-electron chi connectivity index (χ0n) is 15.2. The maximum Gasteiger partial charge on any atom is 0.416 e. The third-order valence-corrected chi connectivity index (χ3v) is 6.43. The molecule has 3 unspecified atom stereocenters. The minimum atomic E-state index is -4.41. The Bertz CT molecular complexity index is 877. The number of alkyl halides is 3. The van der Waals surface area contributed by atoms with Gasteiger partial charge in [-0.05, 0) is 54.4 Å². The van der Waals surface area contributed by atoms with Gasteiger partial charge < -0.3 is 14.6 Å². The van der Waals surface area contributed by atoms with Gasteiger partial charge in [-0.2, -0.15) is 13.2 Å². The number of halogens is 3. The van der Waals surface area contributed by atoms with E-state index < -0.39 is 11.7 Å². The largest absolute Gasteiger partial charge is 0.459 e. The van der Waals surface area contributed by atoms with Crippen LogP contribution in [0.5, 0.6) is 0 Å². The molecule has 0 spiro atoms. The molecule has 4 aliphatic rings. The highest BCUT2D eigenvalue weighted by atomic mass is 19.4. The van der Waals surface area contributed by atoms with E-state index in [2.05, 4.69) is 10.2 Å². The maximum atomic E-state index is 12.9. The number of carbonyl (C=O) groups is 1. The molecule has 5 atom stereocenters. The van der Waals surface area contributed by atoms with E-state index in [4.69, 9.17) is 4.42 Å². The molecule has 1 amide bonds. The summed E-state index contributed by atoms with van der Waals surface area (Å²) in [5.41, 5.74) is 0.119. The van der Waals surface area contributed by atoms with Crippen molar-refractivity contribution in [3.63, 3.8) is 0 Å². The smallest absolute Gasteiger partial charge is 0.416 e. The Labute approximate surface area is 160 Å². The van der Waals surface area contributed by atoms with Crippen LogP contribution in [0.1, 0.15) is 29.0 Å². The molecule has 0 radical (unpaired) electrons. The third-order valence-electron chi connectivity index (χ3n) is 6.43. The van der Waals surface area contributed by atoms with Crippen molar-refractivity contribution in [2.75, 3.05) is 19.6 Å². The van der Waals surface area contributed by atoms with Crippen molar-refractivity contribution in [2.24, 2.45) is 17.8 Å². The molecular formula is C21H21F3N2O2. The molecule has 6 rings (SSSR count). The predicted molar refractivity (Wildman–Crippen MR) is 96.5 cm³/mol. The van der Waals surface area contributed by atoms with E-state index in [1.165, 1.54) is 24.9 Å². The second-order valence-corrected chi connectivity index (χ2v) is 8.35. The van der Waals surface area contributed by atoms with Gasteiger partial charge in [-0.1, -0.05) is 12.1 Å². The molecule has 4 fully saturated rings. The first-order chi connectivity index (χ1) is 13.4. The summed E-state index contributed by atoms with van der Waals surface area (Å²) in [7, 11) is 0. The molecule has 4 bridgehead atoms. The fourth-order valence-corrected chi connectivity index (χ4v) is 5.35. The van der Waals surface area contributed by atoms with Crippen molar-refractivity contribution in [3.8, 4) is 11.1 Å². The molecule has 3 aliphatic heterocycles. The Hall–Kier alpha value is -2.28. The zero-order valence-corrected chi connectivity index (χ0v) is 15.2. The molecular weight excluding hydrogens is 369 g/mol. The number of carbonyl (C=O) groups excluding carboxylic acids is 1. The number of hydrogen-bond acceptors (Lipinski definition) is 3. The lowest BCUT2D eigenvalue weighted by Gasteiger charge is -2.55. The summed E-state index contributed by atoms with van der Waals surface area (Å²) in [5, 5.41) is 3.14. The van der Waals surface area contributed by atoms with Crippen molar-refractivity contribution < 1.29 is 22.4 Å². The quantitative estimate of drug-likeness (QED) is 0.861. The molecule has 1 aliphatic carbocycles. The fourth-order valence-electron chi connectivity index (χ4n) is 5.35. The molecule has 4 heterocycles. The van der Waals surface area contributed by atoms with Crippen LogP contribution in [-0.2, 0) is 6.18 Å². The van der Waals surface area contributed by atoms with Crippen LogP contribution >= 0.6 is 0 Å². The summed E-state index contributed by atoms with van der Waals surface area (Å²) >= 11 is 0. The van der Waals surface area contributed by atoms with E-state index in [-0.39, 0.29) is 17.7 Å². The van der Waals surface area contributed by atoms with E-state index in [0.29, 0.717) is 23.0 Å². The summed E-state index contributed by atoms with van der Waals surface area (Å²) in [6.45, 7) is 3.25. The highest BCUT2D eigenvalue weighted by Gasteiger charge is 2.48. The molecule has 148 valence electrons. The minimum Gasteiger partial charge on any atom is -0.459 e. The number of rotatable bonds is 3. The Morgan fingerprint density at radius 3 is 2.50 bits per heavy atom. The lowest BCUT2D eigenvalue weighted by molar-refractivity contribution is -0.137. The normalized spacial score (nSPS) is 31.2. The van der Waals surface area contributed by atoms with Gasteiger partial charge in [0, 0.05) is 31.2 Å². The Balaban J connectivity index is 1.32. The van der Waals surface area contributed by atoms with Crippen LogP contribution in [0.4, 0.5) is 13.2 Å². The van der Waals surface area contributed by atoms with Crippen LogP contribution in [-0.4, -0.2) is 36.5 Å². The number of nitrogens with one attached hydrogen (secondary N) is 1. The average Bonchev–Trinajstić information content (AvgIpc) is 3.14. The number of hydrogen-bond donors (Lipinski definition) is 1. The maximum absolute atomic E-state index is 12.9. The van der Waals surface area contributed by atoms with Crippen LogP contribution in [0.15, 0.2) is 41.0 Å². The lowest BCUT2D eigenvalue weighted by Crippen LogP contribution is -2.64. The molecule has 3 saturated heterocycles. The summed E-state index contributed by atoms with van der Waals surface area (Å²) in [5.74, 6) is 1.56. The number of piperidine rings is 3. The average molecular weight is 390 g/mol. The summed E-state index contributed by atoms with van der Waals surface area (Å²) in [4.78, 5) is 15.2. The standard InChI is InChI=1S/C21H21F3N2O2/c22-21(23,24)17-3-1-2-13(6-17)16-7-18(28-11-16)20(27)25-19-14-4-12-5-15(19)10-26(8-12)9-14/h1-3,6-7,11-12,14-15,19H,4-5,8-10H2,(H,25,27)/t12?,14-,15+,19?. The first kappa shape index (κ1) is 17.8. The summed E-state index contributed by atoms with van der Waals surface area (Å²) in [6.07, 6.45) is -0.750. The Kier molecular flexibility index (Phi) is 4.05. The number of nitrogens with zero attached hydrogens (tertiary/aromatic N) is 1. The predicted octanol–water partition coefficient (Wildman–Crippen LogP) is 4.04. The zero-order chi connectivity index (χ0) is 19.5. The Morgan fingerprint density at radius 2 is 1.82 bits per heavy atom. The van der Waals surface area contributed by atoms with Crippen LogP contribution in [0, 0.1) is 17.8 Å². The number of amides is 1. The molecule has 1 aromatic carbocycles. The first-order valence-corrected chi connectivity index (χ1v) is 9.66. The van der Waals surface area contributed by atoms with Gasteiger partial charge in [-0.3, -0.25) is 4.79 Å². The van der Waals surface area contributed by atoms with Gasteiger partial charge >= 0.3 is 6.18 Å². The van der Waals surface area contributed by atoms with E-state index in [9.17, 15) is 18.0 Å². The van der Waals surface area contributed by atoms with Gasteiger partial charge in [-0.15, -0.1) is 0 Å². The monoisotopic (exact) mass is 390 g/mol. The number of benzene rings is 1. The highest BCUT2D eigenvalue weighted by molar-refractivity contribution is 5.93. The minimum absolute atomic E-state index is 0.140. The van der Waals surface area contributed by atoms with Gasteiger partial charge in [0.1, 0.15) is 0 Å². The van der Waals surface area contributed by atoms with Gasteiger partial charge in [-0.25, -0.2) is 0 Å². The second kappa shape index (κ2) is 6.37. The van der Waals surface area contributed by atoms with Crippen LogP contribution in [0.3, 0.4) is 0 Å². The van der Waals surface area contributed by atoms with Gasteiger partial charge in [0.05, 0.1) is 11.8 Å². The van der Waals surface area contributed by atoms with E-state index in [1.54, 1.807) is 6.07 Å². The van der Waals surface area contributed by atoms with E-state index in [0.717, 1.165) is 44.0 Å². The lowest BCUT2D eigenvalue weighted by atomic mass is 9.65. The topological polar surface area (TPSA) is 45.5 Å². The molecule has 2 aromatic rings. The summed E-state index contributed by atoms with van der Waals surface area (Å²) in [6, 6.07) is 6.70. The number of furan rings is 1. The van der Waals surface area contributed by atoms with Crippen LogP contribution < -0.4 is 5.32 Å². The molecule has 1 aromatic heterocycles. The highest BCUT2D eigenvalue weighted by Crippen LogP contribution is 2.43. The molecule has 1 N–H and O–H groups in total. The molecule has 28 heavy (non-hydrogen) atoms. The van der Waals surface area contributed by atoms with Crippen molar-refractivity contribution >= 4 is 5.91 Å². The van der Waals surface area contributed by atoms with Gasteiger partial charge in [0.15, 0.2) is 5.76 Å².